The van der Waals surface area contributed by atoms with Crippen LogP contribution in [0, 0.1) is 20.8 Å². The van der Waals surface area contributed by atoms with Gasteiger partial charge in [0.15, 0.2) is 0 Å². The van der Waals surface area contributed by atoms with Crippen LogP contribution in [0.2, 0.25) is 0 Å². The van der Waals surface area contributed by atoms with Crippen molar-refractivity contribution in [2.45, 2.75) is 26.8 Å². The summed E-state index contributed by atoms with van der Waals surface area (Å²) < 4.78 is 0. The fourth-order valence-electron chi connectivity index (χ4n) is 3.53. The second-order valence-corrected chi connectivity index (χ2v) is 6.41. The van der Waals surface area contributed by atoms with E-state index in [9.17, 15) is 0 Å². The van der Waals surface area contributed by atoms with Crippen molar-refractivity contribution < 1.29 is 0 Å². The molecule has 0 radical (unpaired) electrons. The molecular formula is C20H26N2. The maximum absolute atomic E-state index is 3.47. The zero-order chi connectivity index (χ0) is 15.5. The molecule has 2 aromatic carbocycles. The summed E-state index contributed by atoms with van der Waals surface area (Å²) in [6.45, 7) is 11.0. The number of aryl methyl sites for hydroxylation is 3. The van der Waals surface area contributed by atoms with Crippen molar-refractivity contribution in [2.75, 3.05) is 26.2 Å². The molecule has 2 nitrogen and oxygen atoms in total. The van der Waals surface area contributed by atoms with E-state index in [0.717, 1.165) is 26.2 Å². The highest BCUT2D eigenvalue weighted by Gasteiger charge is 2.26. The Labute approximate surface area is 134 Å². The number of rotatable bonds is 3. The third-order valence-electron chi connectivity index (χ3n) is 4.72. The molecule has 1 aliphatic rings. The Morgan fingerprint density at radius 3 is 2.23 bits per heavy atom. The van der Waals surface area contributed by atoms with Crippen LogP contribution in [0.5, 0.6) is 0 Å². The molecule has 0 aliphatic carbocycles. The normalized spacial score (nSPS) is 17.4. The predicted molar refractivity (Wildman–Crippen MR) is 93.4 cm³/mol. The van der Waals surface area contributed by atoms with Crippen LogP contribution in [-0.2, 0) is 0 Å². The first kappa shape index (κ1) is 15.3. The fraction of sp³-hybridized carbons (Fsp3) is 0.400. The first-order valence-corrected chi connectivity index (χ1v) is 8.24. The van der Waals surface area contributed by atoms with Gasteiger partial charge in [-0.1, -0.05) is 48.0 Å². The molecule has 0 spiro atoms. The van der Waals surface area contributed by atoms with Gasteiger partial charge in [-0.3, -0.25) is 4.90 Å². The lowest BCUT2D eigenvalue weighted by atomic mass is 9.90. The summed E-state index contributed by atoms with van der Waals surface area (Å²) in [4.78, 5) is 2.62. The Balaban J connectivity index is 2.08. The second-order valence-electron chi connectivity index (χ2n) is 6.41. The third kappa shape index (κ3) is 3.08. The second kappa shape index (κ2) is 6.64. The average Bonchev–Trinajstić information content (AvgIpc) is 2.52. The zero-order valence-corrected chi connectivity index (χ0v) is 13.9. The highest BCUT2D eigenvalue weighted by atomic mass is 15.2. The van der Waals surface area contributed by atoms with Gasteiger partial charge in [-0.2, -0.15) is 0 Å². The zero-order valence-electron chi connectivity index (χ0n) is 13.9. The fourth-order valence-corrected chi connectivity index (χ4v) is 3.53. The Bertz CT molecular complexity index is 642. The maximum atomic E-state index is 3.47. The number of nitrogens with zero attached hydrogens (tertiary/aromatic N) is 1. The molecule has 1 aliphatic heterocycles. The van der Waals surface area contributed by atoms with Gasteiger partial charge in [0, 0.05) is 26.2 Å². The minimum Gasteiger partial charge on any atom is -0.314 e. The molecule has 1 heterocycles. The Morgan fingerprint density at radius 2 is 1.55 bits per heavy atom. The van der Waals surface area contributed by atoms with E-state index < -0.39 is 0 Å². The molecule has 1 saturated heterocycles. The van der Waals surface area contributed by atoms with E-state index >= 15 is 0 Å². The van der Waals surface area contributed by atoms with Crippen molar-refractivity contribution in [3.05, 3.63) is 70.3 Å². The molecule has 1 unspecified atom stereocenters. The molecule has 0 saturated carbocycles. The molecular weight excluding hydrogens is 268 g/mol. The SMILES string of the molecule is Cc1ccc(C(c2ccccc2C)N2CCNCC2)c(C)c1. The largest absolute Gasteiger partial charge is 0.314 e. The van der Waals surface area contributed by atoms with Gasteiger partial charge in [0.25, 0.3) is 0 Å². The molecule has 2 heteroatoms. The van der Waals surface area contributed by atoms with Crippen LogP contribution >= 0.6 is 0 Å². The highest BCUT2D eigenvalue weighted by molar-refractivity contribution is 5.41. The summed E-state index contributed by atoms with van der Waals surface area (Å²) in [6, 6.07) is 16.1. The summed E-state index contributed by atoms with van der Waals surface area (Å²) in [6.07, 6.45) is 0. The van der Waals surface area contributed by atoms with Gasteiger partial charge in [0.1, 0.15) is 0 Å². The average molecular weight is 294 g/mol. The van der Waals surface area contributed by atoms with Crippen molar-refractivity contribution in [3.63, 3.8) is 0 Å². The minimum atomic E-state index is 0.365. The molecule has 1 fully saturated rings. The molecule has 0 aromatic heterocycles. The van der Waals surface area contributed by atoms with Gasteiger partial charge in [0.2, 0.25) is 0 Å². The van der Waals surface area contributed by atoms with Crippen molar-refractivity contribution in [1.82, 2.24) is 10.2 Å². The van der Waals surface area contributed by atoms with Crippen LogP contribution in [0.1, 0.15) is 33.9 Å². The first-order chi connectivity index (χ1) is 10.7. The van der Waals surface area contributed by atoms with E-state index in [4.69, 9.17) is 0 Å². The lowest BCUT2D eigenvalue weighted by Gasteiger charge is -2.37. The molecule has 2 aromatic rings. The van der Waals surface area contributed by atoms with E-state index in [-0.39, 0.29) is 0 Å². The summed E-state index contributed by atoms with van der Waals surface area (Å²) >= 11 is 0. The smallest absolute Gasteiger partial charge is 0.0607 e. The van der Waals surface area contributed by atoms with Crippen LogP contribution in [0.25, 0.3) is 0 Å². The molecule has 1 N–H and O–H groups in total. The third-order valence-corrected chi connectivity index (χ3v) is 4.72. The number of hydrogen-bond donors (Lipinski definition) is 1. The maximum Gasteiger partial charge on any atom is 0.0607 e. The highest BCUT2D eigenvalue weighted by Crippen LogP contribution is 2.33. The number of benzene rings is 2. The van der Waals surface area contributed by atoms with E-state index in [1.807, 2.05) is 0 Å². The van der Waals surface area contributed by atoms with Crippen LogP contribution < -0.4 is 5.32 Å². The Kier molecular flexibility index (Phi) is 4.60. The molecule has 0 amide bonds. The van der Waals surface area contributed by atoms with Crippen LogP contribution in [0.4, 0.5) is 0 Å². The Hall–Kier alpha value is -1.64. The van der Waals surface area contributed by atoms with Gasteiger partial charge in [-0.25, -0.2) is 0 Å². The van der Waals surface area contributed by atoms with Crippen molar-refractivity contribution in [2.24, 2.45) is 0 Å². The van der Waals surface area contributed by atoms with Gasteiger partial charge < -0.3 is 5.32 Å². The summed E-state index contributed by atoms with van der Waals surface area (Å²) in [7, 11) is 0. The lowest BCUT2D eigenvalue weighted by Crippen LogP contribution is -2.45. The first-order valence-electron chi connectivity index (χ1n) is 8.24. The van der Waals surface area contributed by atoms with Gasteiger partial charge in [-0.05, 0) is 43.0 Å². The predicted octanol–water partition coefficient (Wildman–Crippen LogP) is 3.61. The lowest BCUT2D eigenvalue weighted by molar-refractivity contribution is 0.197. The molecule has 0 bridgehead atoms. The van der Waals surface area contributed by atoms with Gasteiger partial charge in [-0.15, -0.1) is 0 Å². The topological polar surface area (TPSA) is 15.3 Å². The van der Waals surface area contributed by atoms with Crippen LogP contribution in [0.3, 0.4) is 0 Å². The van der Waals surface area contributed by atoms with E-state index in [2.05, 4.69) is 73.5 Å². The van der Waals surface area contributed by atoms with Crippen LogP contribution in [-0.4, -0.2) is 31.1 Å². The molecule has 22 heavy (non-hydrogen) atoms. The Morgan fingerprint density at radius 1 is 0.864 bits per heavy atom. The summed E-state index contributed by atoms with van der Waals surface area (Å²) in [5, 5.41) is 3.47. The van der Waals surface area contributed by atoms with Crippen molar-refractivity contribution in [3.8, 4) is 0 Å². The van der Waals surface area contributed by atoms with Gasteiger partial charge in [0.05, 0.1) is 6.04 Å². The quantitative estimate of drug-likeness (QED) is 0.930. The molecule has 116 valence electrons. The van der Waals surface area contributed by atoms with Crippen molar-refractivity contribution >= 4 is 0 Å². The summed E-state index contributed by atoms with van der Waals surface area (Å²) in [5.74, 6) is 0. The van der Waals surface area contributed by atoms with Crippen molar-refractivity contribution in [1.29, 1.82) is 0 Å². The molecule has 1 atom stereocenters. The number of piperazine rings is 1. The van der Waals surface area contributed by atoms with E-state index in [0.29, 0.717) is 6.04 Å². The summed E-state index contributed by atoms with van der Waals surface area (Å²) in [5.41, 5.74) is 7.00. The number of nitrogens with one attached hydrogen (secondary N) is 1. The monoisotopic (exact) mass is 294 g/mol. The number of hydrogen-bond acceptors (Lipinski definition) is 2. The van der Waals surface area contributed by atoms with E-state index in [1.54, 1.807) is 0 Å². The standard InChI is InChI=1S/C20H26N2/c1-15-8-9-19(17(3)14-15)20(22-12-10-21-11-13-22)18-7-5-4-6-16(18)2/h4-9,14,20-21H,10-13H2,1-3H3. The van der Waals surface area contributed by atoms with Gasteiger partial charge >= 0.3 is 0 Å². The van der Waals surface area contributed by atoms with Crippen LogP contribution in [0.15, 0.2) is 42.5 Å². The molecule has 3 rings (SSSR count). The minimum absolute atomic E-state index is 0.365. The van der Waals surface area contributed by atoms with E-state index in [1.165, 1.54) is 27.8 Å².